The topological polar surface area (TPSA) is 53.2 Å². The van der Waals surface area contributed by atoms with Crippen molar-refractivity contribution in [1.29, 1.82) is 5.26 Å². The molecule has 0 amide bonds. The van der Waals surface area contributed by atoms with Gasteiger partial charge in [-0.2, -0.15) is 5.26 Å². The fraction of sp³-hybridized carbons (Fsp3) is 0.500. The number of aryl methyl sites for hydroxylation is 1. The molecule has 1 aromatic carbocycles. The van der Waals surface area contributed by atoms with Crippen LogP contribution in [0, 0.1) is 11.3 Å². The lowest BCUT2D eigenvalue weighted by Crippen LogP contribution is -2.33. The molecule has 0 aromatic heterocycles. The van der Waals surface area contributed by atoms with Gasteiger partial charge in [0.1, 0.15) is 6.07 Å². The van der Waals surface area contributed by atoms with E-state index in [1.807, 2.05) is 18.2 Å². The number of fused-ring (bicyclic) bond motifs is 1. The number of aliphatic hydroxyl groups excluding tert-OH is 1. The van der Waals surface area contributed by atoms with Gasteiger partial charge in [-0.1, -0.05) is 24.3 Å². The number of nitrogens with zero attached hydrogens (tertiary/aromatic N) is 1. The largest absolute Gasteiger partial charge is 0.396 e. The lowest BCUT2D eigenvalue weighted by Gasteiger charge is -2.33. The molecule has 90 valence electrons. The molecule has 0 radical (unpaired) electrons. The van der Waals surface area contributed by atoms with Gasteiger partial charge in [0.05, 0.1) is 6.61 Å². The Morgan fingerprint density at radius 2 is 2.24 bits per heavy atom. The van der Waals surface area contributed by atoms with Crippen molar-refractivity contribution in [2.24, 2.45) is 0 Å². The first-order chi connectivity index (χ1) is 8.32. The third-order valence-electron chi connectivity index (χ3n) is 3.26. The average Bonchev–Trinajstić information content (AvgIpc) is 2.39. The van der Waals surface area contributed by atoms with Crippen molar-refractivity contribution in [2.45, 2.75) is 31.3 Å². The van der Waals surface area contributed by atoms with Crippen LogP contribution in [0.25, 0.3) is 0 Å². The predicted octanol–water partition coefficient (Wildman–Crippen LogP) is 2.14. The van der Waals surface area contributed by atoms with Crippen molar-refractivity contribution in [2.75, 3.05) is 13.2 Å². The van der Waals surface area contributed by atoms with Crippen LogP contribution in [0.5, 0.6) is 0 Å². The maximum atomic E-state index is 9.45. The summed E-state index contributed by atoms with van der Waals surface area (Å²) in [4.78, 5) is 0. The van der Waals surface area contributed by atoms with E-state index in [1.165, 1.54) is 5.56 Å². The quantitative estimate of drug-likeness (QED) is 0.808. The maximum absolute atomic E-state index is 9.45. The van der Waals surface area contributed by atoms with Gasteiger partial charge in [0.25, 0.3) is 0 Å². The van der Waals surface area contributed by atoms with Crippen LogP contribution in [-0.4, -0.2) is 18.3 Å². The molecule has 1 unspecified atom stereocenters. The summed E-state index contributed by atoms with van der Waals surface area (Å²) in [5, 5.41) is 18.2. The highest BCUT2D eigenvalue weighted by Gasteiger charge is 2.37. The molecule has 1 atom stereocenters. The molecule has 17 heavy (non-hydrogen) atoms. The monoisotopic (exact) mass is 231 g/mol. The van der Waals surface area contributed by atoms with Gasteiger partial charge in [0.15, 0.2) is 5.60 Å². The second kappa shape index (κ2) is 5.31. The fourth-order valence-electron chi connectivity index (χ4n) is 2.40. The van der Waals surface area contributed by atoms with Gasteiger partial charge in [-0.05, 0) is 31.2 Å². The van der Waals surface area contributed by atoms with E-state index in [0.29, 0.717) is 13.0 Å². The van der Waals surface area contributed by atoms with E-state index in [9.17, 15) is 5.26 Å². The highest BCUT2D eigenvalue weighted by molar-refractivity contribution is 5.39. The summed E-state index contributed by atoms with van der Waals surface area (Å²) in [6.45, 7) is 0.529. The minimum absolute atomic E-state index is 0.100. The molecule has 2 rings (SSSR count). The van der Waals surface area contributed by atoms with E-state index in [-0.39, 0.29) is 6.61 Å². The highest BCUT2D eigenvalue weighted by atomic mass is 16.5. The molecule has 3 nitrogen and oxygen atoms in total. The summed E-state index contributed by atoms with van der Waals surface area (Å²) in [6.07, 6.45) is 3.31. The standard InChI is InChI=1S/C14H17NO2/c15-11-14(17-10-4-9-16)8-3-6-12-5-1-2-7-13(12)14/h1-2,5,7,16H,3-4,6,8-10H2. The maximum Gasteiger partial charge on any atom is 0.179 e. The predicted molar refractivity (Wildman–Crippen MR) is 64.3 cm³/mol. The molecule has 0 aliphatic heterocycles. The van der Waals surface area contributed by atoms with Gasteiger partial charge >= 0.3 is 0 Å². The molecule has 0 fully saturated rings. The van der Waals surface area contributed by atoms with E-state index in [2.05, 4.69) is 12.1 Å². The van der Waals surface area contributed by atoms with Crippen LogP contribution >= 0.6 is 0 Å². The summed E-state index contributed by atoms with van der Waals surface area (Å²) in [7, 11) is 0. The molecule has 0 spiro atoms. The molecule has 0 saturated heterocycles. The zero-order chi connectivity index (χ0) is 12.1. The molecular formula is C14H17NO2. The van der Waals surface area contributed by atoms with Gasteiger partial charge in [0.2, 0.25) is 0 Å². The molecule has 0 heterocycles. The SMILES string of the molecule is N#CC1(OCCCO)CCCc2ccccc21. The molecule has 0 saturated carbocycles. The van der Waals surface area contributed by atoms with Gasteiger partial charge < -0.3 is 9.84 Å². The minimum atomic E-state index is -0.802. The Hall–Kier alpha value is -1.37. The Morgan fingerprint density at radius 3 is 3.00 bits per heavy atom. The van der Waals surface area contributed by atoms with Crippen molar-refractivity contribution in [3.8, 4) is 6.07 Å². The van der Waals surface area contributed by atoms with Crippen LogP contribution in [0.1, 0.15) is 30.4 Å². The molecule has 3 heteroatoms. The lowest BCUT2D eigenvalue weighted by atomic mass is 9.80. The minimum Gasteiger partial charge on any atom is -0.396 e. The van der Waals surface area contributed by atoms with Crippen molar-refractivity contribution in [3.63, 3.8) is 0 Å². The van der Waals surface area contributed by atoms with E-state index in [0.717, 1.165) is 24.8 Å². The van der Waals surface area contributed by atoms with Crippen molar-refractivity contribution >= 4 is 0 Å². The lowest BCUT2D eigenvalue weighted by molar-refractivity contribution is -0.0237. The van der Waals surface area contributed by atoms with Gasteiger partial charge in [-0.3, -0.25) is 0 Å². The Balaban J connectivity index is 2.27. The van der Waals surface area contributed by atoms with Crippen LogP contribution in [0.2, 0.25) is 0 Å². The van der Waals surface area contributed by atoms with Crippen molar-refractivity contribution in [3.05, 3.63) is 35.4 Å². The van der Waals surface area contributed by atoms with Crippen LogP contribution in [0.15, 0.2) is 24.3 Å². The van der Waals surface area contributed by atoms with Crippen LogP contribution in [0.4, 0.5) is 0 Å². The van der Waals surface area contributed by atoms with Gasteiger partial charge in [-0.25, -0.2) is 0 Å². The first-order valence-corrected chi connectivity index (χ1v) is 6.07. The summed E-state index contributed by atoms with van der Waals surface area (Å²) in [6, 6.07) is 10.3. The number of hydrogen-bond donors (Lipinski definition) is 1. The Labute approximate surface area is 102 Å². The number of benzene rings is 1. The highest BCUT2D eigenvalue weighted by Crippen LogP contribution is 2.37. The molecule has 1 aliphatic rings. The number of aliphatic hydroxyl groups is 1. The third-order valence-corrected chi connectivity index (χ3v) is 3.26. The zero-order valence-corrected chi connectivity index (χ0v) is 9.85. The summed E-state index contributed by atoms with van der Waals surface area (Å²) >= 11 is 0. The van der Waals surface area contributed by atoms with Gasteiger partial charge in [-0.15, -0.1) is 0 Å². The summed E-state index contributed by atoms with van der Waals surface area (Å²) in [5.41, 5.74) is 1.42. The molecule has 0 bridgehead atoms. The van der Waals surface area contributed by atoms with E-state index in [4.69, 9.17) is 9.84 Å². The normalized spacial score (nSPS) is 22.8. The number of ether oxygens (including phenoxy) is 1. The first kappa shape index (κ1) is 12.1. The zero-order valence-electron chi connectivity index (χ0n) is 9.85. The molecule has 1 aromatic rings. The first-order valence-electron chi connectivity index (χ1n) is 6.07. The van der Waals surface area contributed by atoms with Crippen molar-refractivity contribution in [1.82, 2.24) is 0 Å². The Bertz CT molecular complexity index is 424. The summed E-state index contributed by atoms with van der Waals surface area (Å²) in [5.74, 6) is 0. The number of nitriles is 1. The van der Waals surface area contributed by atoms with E-state index >= 15 is 0 Å². The second-order valence-electron chi connectivity index (χ2n) is 4.38. The average molecular weight is 231 g/mol. The van der Waals surface area contributed by atoms with Crippen LogP contribution < -0.4 is 0 Å². The fourth-order valence-corrected chi connectivity index (χ4v) is 2.40. The van der Waals surface area contributed by atoms with E-state index < -0.39 is 5.60 Å². The second-order valence-corrected chi connectivity index (χ2v) is 4.38. The number of hydrogen-bond acceptors (Lipinski definition) is 3. The molecule has 1 aliphatic carbocycles. The van der Waals surface area contributed by atoms with Crippen molar-refractivity contribution < 1.29 is 9.84 Å². The Kier molecular flexibility index (Phi) is 3.78. The van der Waals surface area contributed by atoms with Crippen LogP contribution in [0.3, 0.4) is 0 Å². The Morgan fingerprint density at radius 1 is 1.41 bits per heavy atom. The third kappa shape index (κ3) is 2.33. The van der Waals surface area contributed by atoms with Crippen LogP contribution in [-0.2, 0) is 16.8 Å². The molecule has 1 N–H and O–H groups in total. The van der Waals surface area contributed by atoms with Gasteiger partial charge in [0, 0.05) is 12.2 Å². The summed E-state index contributed by atoms with van der Waals surface area (Å²) < 4.78 is 5.77. The number of rotatable bonds is 4. The van der Waals surface area contributed by atoms with E-state index in [1.54, 1.807) is 0 Å². The smallest absolute Gasteiger partial charge is 0.179 e. The molecular weight excluding hydrogens is 214 g/mol.